The predicted octanol–water partition coefficient (Wildman–Crippen LogP) is 2.86. The van der Waals surface area contributed by atoms with Crippen LogP contribution in [0.5, 0.6) is 0 Å². The first-order valence-corrected chi connectivity index (χ1v) is 10.7. The third-order valence-corrected chi connectivity index (χ3v) is 5.98. The molecule has 1 aliphatic heterocycles. The Morgan fingerprint density at radius 3 is 2.61 bits per heavy atom. The number of aliphatic imine (C=N–C) groups is 1. The van der Waals surface area contributed by atoms with Gasteiger partial charge in [0.15, 0.2) is 5.96 Å². The van der Waals surface area contributed by atoms with Crippen molar-refractivity contribution >= 4 is 29.9 Å². The number of nitrogens with zero attached hydrogens (tertiary/aromatic N) is 3. The third-order valence-electron chi connectivity index (χ3n) is 5.98. The van der Waals surface area contributed by atoms with Crippen molar-refractivity contribution in [3.63, 3.8) is 0 Å². The molecule has 8 heteroatoms. The van der Waals surface area contributed by atoms with Crippen LogP contribution in [-0.2, 0) is 22.8 Å². The van der Waals surface area contributed by atoms with E-state index in [0.717, 1.165) is 44.7 Å². The van der Waals surface area contributed by atoms with Gasteiger partial charge in [0.1, 0.15) is 5.60 Å². The number of halogens is 1. The average Bonchev–Trinajstić information content (AvgIpc) is 3.18. The second kappa shape index (κ2) is 11.3. The maximum atomic E-state index is 10.9. The summed E-state index contributed by atoms with van der Waals surface area (Å²) in [5, 5.41) is 21.9. The van der Waals surface area contributed by atoms with Gasteiger partial charge >= 0.3 is 0 Å². The maximum absolute atomic E-state index is 10.9. The Balaban J connectivity index is 0.00000341. The SMILES string of the molecule is CCNC(=NCC(C)(O)c1cnn(C)c1)NCC1(c2ccccc2C)CCOCC1.I. The molecule has 31 heavy (non-hydrogen) atoms. The lowest BCUT2D eigenvalue weighted by atomic mass is 9.72. The molecular formula is C23H36IN5O2. The van der Waals surface area contributed by atoms with Gasteiger partial charge in [-0.1, -0.05) is 24.3 Å². The number of nitrogens with one attached hydrogen (secondary N) is 2. The van der Waals surface area contributed by atoms with Crippen LogP contribution in [0.2, 0.25) is 0 Å². The van der Waals surface area contributed by atoms with E-state index in [1.165, 1.54) is 11.1 Å². The molecule has 3 rings (SSSR count). The van der Waals surface area contributed by atoms with Gasteiger partial charge in [-0.2, -0.15) is 5.10 Å². The van der Waals surface area contributed by atoms with E-state index in [1.807, 2.05) is 20.2 Å². The summed E-state index contributed by atoms with van der Waals surface area (Å²) in [5.74, 6) is 0.709. The van der Waals surface area contributed by atoms with Crippen LogP contribution >= 0.6 is 24.0 Å². The van der Waals surface area contributed by atoms with E-state index in [-0.39, 0.29) is 35.9 Å². The molecule has 1 aromatic carbocycles. The molecule has 7 nitrogen and oxygen atoms in total. The van der Waals surface area contributed by atoms with Crippen LogP contribution in [0.15, 0.2) is 41.7 Å². The van der Waals surface area contributed by atoms with Crippen molar-refractivity contribution in [3.8, 4) is 0 Å². The molecule has 0 radical (unpaired) electrons. The zero-order valence-corrected chi connectivity index (χ0v) is 21.3. The zero-order chi connectivity index (χ0) is 21.6. The normalized spacial score (nSPS) is 18.0. The van der Waals surface area contributed by atoms with Crippen LogP contribution in [0.25, 0.3) is 0 Å². The number of aliphatic hydroxyl groups is 1. The first-order valence-electron chi connectivity index (χ1n) is 10.7. The molecule has 2 aromatic rings. The average molecular weight is 541 g/mol. The van der Waals surface area contributed by atoms with Gasteiger partial charge in [0, 0.05) is 50.5 Å². The molecule has 0 bridgehead atoms. The zero-order valence-electron chi connectivity index (χ0n) is 19.0. The lowest BCUT2D eigenvalue weighted by Gasteiger charge is -2.39. The first-order chi connectivity index (χ1) is 14.4. The van der Waals surface area contributed by atoms with E-state index in [4.69, 9.17) is 4.74 Å². The summed E-state index contributed by atoms with van der Waals surface area (Å²) in [6.07, 6.45) is 5.45. The molecule has 1 aliphatic rings. The molecular weight excluding hydrogens is 505 g/mol. The molecule has 1 fully saturated rings. The highest BCUT2D eigenvalue weighted by molar-refractivity contribution is 14.0. The third kappa shape index (κ3) is 6.43. The van der Waals surface area contributed by atoms with E-state index in [9.17, 15) is 5.11 Å². The monoisotopic (exact) mass is 541 g/mol. The van der Waals surface area contributed by atoms with E-state index in [0.29, 0.717) is 5.96 Å². The highest BCUT2D eigenvalue weighted by atomic mass is 127. The van der Waals surface area contributed by atoms with Crippen molar-refractivity contribution in [1.29, 1.82) is 0 Å². The number of benzene rings is 1. The highest BCUT2D eigenvalue weighted by Gasteiger charge is 2.35. The van der Waals surface area contributed by atoms with Gasteiger partial charge in [-0.3, -0.25) is 4.68 Å². The molecule has 1 aromatic heterocycles. The molecule has 1 atom stereocenters. The van der Waals surface area contributed by atoms with Gasteiger partial charge < -0.3 is 20.5 Å². The van der Waals surface area contributed by atoms with Gasteiger partial charge in [0.05, 0.1) is 12.7 Å². The molecule has 0 saturated carbocycles. The molecule has 1 saturated heterocycles. The second-order valence-electron chi connectivity index (χ2n) is 8.43. The Hall–Kier alpha value is -1.65. The van der Waals surface area contributed by atoms with Crippen molar-refractivity contribution in [2.24, 2.45) is 12.0 Å². The quantitative estimate of drug-likeness (QED) is 0.285. The summed E-state index contributed by atoms with van der Waals surface area (Å²) in [7, 11) is 1.84. The van der Waals surface area contributed by atoms with Crippen LogP contribution < -0.4 is 10.6 Å². The highest BCUT2D eigenvalue weighted by Crippen LogP contribution is 2.36. The maximum Gasteiger partial charge on any atom is 0.191 e. The fourth-order valence-corrected chi connectivity index (χ4v) is 4.09. The number of hydrogen-bond acceptors (Lipinski definition) is 4. The van der Waals surface area contributed by atoms with Crippen molar-refractivity contribution < 1.29 is 9.84 Å². The Kier molecular flexibility index (Phi) is 9.32. The Labute approximate surface area is 202 Å². The standard InChI is InChI=1S/C23H35N5O2.HI/c1-5-24-21(25-16-22(3,29)19-14-27-28(4)15-19)26-17-23(10-12-30-13-11-23)20-9-7-6-8-18(20)2;/h6-9,14-15,29H,5,10-13,16-17H2,1-4H3,(H2,24,25,26);1H. The number of hydrogen-bond donors (Lipinski definition) is 3. The van der Waals surface area contributed by atoms with Gasteiger partial charge in [0.2, 0.25) is 0 Å². The lowest BCUT2D eigenvalue weighted by Crippen LogP contribution is -2.48. The minimum atomic E-state index is -1.08. The molecule has 2 heterocycles. The van der Waals surface area contributed by atoms with Gasteiger partial charge in [0.25, 0.3) is 0 Å². The molecule has 0 aliphatic carbocycles. The second-order valence-corrected chi connectivity index (χ2v) is 8.43. The number of ether oxygens (including phenoxy) is 1. The topological polar surface area (TPSA) is 83.7 Å². The molecule has 0 spiro atoms. The van der Waals surface area contributed by atoms with Crippen LogP contribution in [0.1, 0.15) is 43.4 Å². The fourth-order valence-electron chi connectivity index (χ4n) is 4.09. The molecule has 172 valence electrons. The summed E-state index contributed by atoms with van der Waals surface area (Å²) in [4.78, 5) is 4.68. The first kappa shape index (κ1) is 25.6. The predicted molar refractivity (Wildman–Crippen MR) is 135 cm³/mol. The van der Waals surface area contributed by atoms with Crippen LogP contribution in [0.3, 0.4) is 0 Å². The Bertz CT molecular complexity index is 859. The largest absolute Gasteiger partial charge is 0.383 e. The van der Waals surface area contributed by atoms with E-state index in [1.54, 1.807) is 17.8 Å². The molecule has 0 amide bonds. The van der Waals surface area contributed by atoms with Gasteiger partial charge in [-0.25, -0.2) is 4.99 Å². The molecule has 3 N–H and O–H groups in total. The summed E-state index contributed by atoms with van der Waals surface area (Å²) in [5.41, 5.74) is 2.36. The smallest absolute Gasteiger partial charge is 0.191 e. The summed E-state index contributed by atoms with van der Waals surface area (Å²) in [6.45, 7) is 9.28. The Morgan fingerprint density at radius 2 is 2.00 bits per heavy atom. The van der Waals surface area contributed by atoms with E-state index >= 15 is 0 Å². The fraction of sp³-hybridized carbons (Fsp3) is 0.565. The van der Waals surface area contributed by atoms with Gasteiger partial charge in [-0.15, -0.1) is 24.0 Å². The van der Waals surface area contributed by atoms with Crippen molar-refractivity contribution in [2.75, 3.05) is 32.8 Å². The lowest BCUT2D eigenvalue weighted by molar-refractivity contribution is 0.0511. The number of aryl methyl sites for hydroxylation is 2. The van der Waals surface area contributed by atoms with Crippen molar-refractivity contribution in [1.82, 2.24) is 20.4 Å². The number of aromatic nitrogens is 2. The summed E-state index contributed by atoms with van der Waals surface area (Å²) < 4.78 is 7.36. The summed E-state index contributed by atoms with van der Waals surface area (Å²) in [6, 6.07) is 8.62. The van der Waals surface area contributed by atoms with Crippen LogP contribution in [-0.4, -0.2) is 53.7 Å². The minimum Gasteiger partial charge on any atom is -0.383 e. The van der Waals surface area contributed by atoms with Gasteiger partial charge in [-0.05, 0) is 44.7 Å². The molecule has 1 unspecified atom stereocenters. The number of rotatable bonds is 7. The van der Waals surface area contributed by atoms with Crippen LogP contribution in [0, 0.1) is 6.92 Å². The minimum absolute atomic E-state index is 0. The van der Waals surface area contributed by atoms with Crippen LogP contribution in [0.4, 0.5) is 0 Å². The van der Waals surface area contributed by atoms with E-state index < -0.39 is 5.60 Å². The van der Waals surface area contributed by atoms with E-state index in [2.05, 4.69) is 51.9 Å². The number of guanidine groups is 1. The Morgan fingerprint density at radius 1 is 1.29 bits per heavy atom. The van der Waals surface area contributed by atoms with Crippen molar-refractivity contribution in [3.05, 3.63) is 53.3 Å². The summed E-state index contributed by atoms with van der Waals surface area (Å²) >= 11 is 0. The van der Waals surface area contributed by atoms with Crippen molar-refractivity contribution in [2.45, 2.75) is 44.6 Å².